The lowest BCUT2D eigenvalue weighted by atomic mass is 9.79. The third kappa shape index (κ3) is 7.71. The van der Waals surface area contributed by atoms with Crippen molar-refractivity contribution in [2.24, 2.45) is 11.8 Å². The number of hydrogen-bond acceptors (Lipinski definition) is 3. The fourth-order valence-corrected chi connectivity index (χ4v) is 7.29. The van der Waals surface area contributed by atoms with E-state index in [1.54, 1.807) is 0 Å². The molecule has 0 radical (unpaired) electrons. The number of nitrogens with zero attached hydrogens (tertiary/aromatic N) is 3. The number of fused-ring (bicyclic) bond motifs is 2. The molecule has 4 unspecified atom stereocenters. The van der Waals surface area contributed by atoms with Crippen molar-refractivity contribution in [2.75, 3.05) is 40.8 Å². The number of rotatable bonds is 2. The molecule has 4 atom stereocenters. The van der Waals surface area contributed by atoms with Crippen molar-refractivity contribution in [1.82, 2.24) is 14.7 Å². The Morgan fingerprint density at radius 3 is 1.65 bits per heavy atom. The summed E-state index contributed by atoms with van der Waals surface area (Å²) in [6.07, 6.45) is 23.6. The van der Waals surface area contributed by atoms with Crippen LogP contribution in [0, 0.1) is 11.8 Å². The molecule has 0 N–H and O–H groups in total. The van der Waals surface area contributed by atoms with Crippen LogP contribution in [0.15, 0.2) is 0 Å². The van der Waals surface area contributed by atoms with Gasteiger partial charge in [-0.2, -0.15) is 0 Å². The molecule has 3 aliphatic carbocycles. The average Bonchev–Trinajstić information content (AvgIpc) is 3.21. The summed E-state index contributed by atoms with van der Waals surface area (Å²) in [5.74, 6) is 2.13. The van der Waals surface area contributed by atoms with E-state index in [2.05, 4.69) is 42.8 Å². The maximum absolute atomic E-state index is 2.59. The average molecular weight is 434 g/mol. The highest BCUT2D eigenvalue weighted by Gasteiger charge is 2.33. The number of piperidine rings is 1. The first-order valence-corrected chi connectivity index (χ1v) is 14.2. The molecule has 182 valence electrons. The summed E-state index contributed by atoms with van der Waals surface area (Å²) < 4.78 is 0. The monoisotopic (exact) mass is 433 g/mol. The van der Waals surface area contributed by atoms with Gasteiger partial charge in [-0.3, -0.25) is 0 Å². The van der Waals surface area contributed by atoms with Crippen molar-refractivity contribution in [1.29, 1.82) is 0 Å². The van der Waals surface area contributed by atoms with E-state index in [0.29, 0.717) is 0 Å². The van der Waals surface area contributed by atoms with Gasteiger partial charge in [0.2, 0.25) is 0 Å². The van der Waals surface area contributed by atoms with Crippen molar-refractivity contribution >= 4 is 0 Å². The summed E-state index contributed by atoms with van der Waals surface area (Å²) in [6, 6.07) is 2.82. The molecule has 3 nitrogen and oxygen atoms in total. The molecular weight excluding hydrogens is 378 g/mol. The Balaban J connectivity index is 0.000000132. The third-order valence-corrected chi connectivity index (χ3v) is 9.51. The summed E-state index contributed by atoms with van der Waals surface area (Å²) in [4.78, 5) is 7.64. The van der Waals surface area contributed by atoms with Crippen LogP contribution < -0.4 is 0 Å². The highest BCUT2D eigenvalue weighted by atomic mass is 15.2. The van der Waals surface area contributed by atoms with Gasteiger partial charge in [-0.25, -0.2) is 0 Å². The molecule has 2 saturated heterocycles. The zero-order valence-electron chi connectivity index (χ0n) is 21.7. The van der Waals surface area contributed by atoms with Gasteiger partial charge in [0, 0.05) is 18.1 Å². The fraction of sp³-hybridized carbons (Fsp3) is 1.00. The molecule has 31 heavy (non-hydrogen) atoms. The summed E-state index contributed by atoms with van der Waals surface area (Å²) in [5.41, 5.74) is 0. The molecule has 3 heteroatoms. The first-order chi connectivity index (χ1) is 15.1. The summed E-state index contributed by atoms with van der Waals surface area (Å²) in [7, 11) is 6.84. The van der Waals surface area contributed by atoms with Crippen LogP contribution in [0.5, 0.6) is 0 Å². The number of likely N-dealkylation sites (tertiary alicyclic amines) is 2. The van der Waals surface area contributed by atoms with Gasteiger partial charge in [-0.15, -0.1) is 0 Å². The molecule has 0 aromatic rings. The van der Waals surface area contributed by atoms with Crippen LogP contribution in [0.2, 0.25) is 0 Å². The summed E-state index contributed by atoms with van der Waals surface area (Å²) in [5, 5.41) is 0. The van der Waals surface area contributed by atoms with E-state index in [-0.39, 0.29) is 0 Å². The van der Waals surface area contributed by atoms with Crippen LogP contribution in [0.25, 0.3) is 0 Å². The second kappa shape index (κ2) is 13.6. The Labute approximate surface area is 195 Å². The van der Waals surface area contributed by atoms with Gasteiger partial charge in [-0.1, -0.05) is 51.9 Å². The first-order valence-electron chi connectivity index (χ1n) is 14.2. The van der Waals surface area contributed by atoms with E-state index < -0.39 is 0 Å². The van der Waals surface area contributed by atoms with Gasteiger partial charge >= 0.3 is 0 Å². The van der Waals surface area contributed by atoms with E-state index in [9.17, 15) is 0 Å². The van der Waals surface area contributed by atoms with Crippen LogP contribution in [0.4, 0.5) is 0 Å². The lowest BCUT2D eigenvalue weighted by Crippen LogP contribution is -2.44. The Morgan fingerprint density at radius 2 is 1.06 bits per heavy atom. The van der Waals surface area contributed by atoms with E-state index in [4.69, 9.17) is 0 Å². The molecule has 5 aliphatic rings. The highest BCUT2D eigenvalue weighted by Crippen LogP contribution is 2.35. The van der Waals surface area contributed by atoms with Crippen molar-refractivity contribution in [3.8, 4) is 0 Å². The molecule has 5 fully saturated rings. The van der Waals surface area contributed by atoms with E-state index in [1.807, 2.05) is 0 Å². The van der Waals surface area contributed by atoms with Crippen molar-refractivity contribution in [3.63, 3.8) is 0 Å². The predicted molar refractivity (Wildman–Crippen MR) is 136 cm³/mol. The molecule has 0 bridgehead atoms. The van der Waals surface area contributed by atoms with E-state index in [0.717, 1.165) is 30.0 Å². The van der Waals surface area contributed by atoms with Gasteiger partial charge < -0.3 is 14.7 Å². The highest BCUT2D eigenvalue weighted by molar-refractivity contribution is 4.88. The molecule has 0 aromatic carbocycles. The zero-order chi connectivity index (χ0) is 22.1. The number of hydrogen-bond donors (Lipinski definition) is 0. The van der Waals surface area contributed by atoms with Crippen LogP contribution in [0.1, 0.15) is 110 Å². The van der Waals surface area contributed by atoms with Crippen molar-refractivity contribution < 1.29 is 0 Å². The lowest BCUT2D eigenvalue weighted by molar-refractivity contribution is 0.0841. The predicted octanol–water partition coefficient (Wildman–Crippen LogP) is 6.42. The first kappa shape index (κ1) is 25.5. The summed E-state index contributed by atoms with van der Waals surface area (Å²) >= 11 is 0. The van der Waals surface area contributed by atoms with Gasteiger partial charge in [0.1, 0.15) is 0 Å². The standard InChI is InChI=1S/C10H19N.C9H17N.C9H19N/c1-11-8-4-6-9-5-2-3-7-10(9)11;1-10-7-6-8-4-2-3-5-9(8)10;1-3-10(2)9-7-5-4-6-8-9/h9-10H,2-8H2,1H3;8-9H,2-7H2,1H3;9H,3-8H2,1-2H3. The molecule has 2 heterocycles. The largest absolute Gasteiger partial charge is 0.304 e. The van der Waals surface area contributed by atoms with E-state index >= 15 is 0 Å². The second-order valence-electron chi connectivity index (χ2n) is 11.5. The third-order valence-electron chi connectivity index (χ3n) is 9.51. The normalized spacial score (nSPS) is 34.7. The van der Waals surface area contributed by atoms with Crippen LogP contribution >= 0.6 is 0 Å². The van der Waals surface area contributed by atoms with Crippen LogP contribution in [-0.2, 0) is 0 Å². The molecule has 0 aromatic heterocycles. The summed E-state index contributed by atoms with van der Waals surface area (Å²) in [6.45, 7) is 6.16. The quantitative estimate of drug-likeness (QED) is 0.497. The van der Waals surface area contributed by atoms with Gasteiger partial charge in [0.25, 0.3) is 0 Å². The fourth-order valence-electron chi connectivity index (χ4n) is 7.29. The maximum Gasteiger partial charge on any atom is 0.0121 e. The smallest absolute Gasteiger partial charge is 0.0121 e. The second-order valence-corrected chi connectivity index (χ2v) is 11.5. The molecular formula is C28H55N3. The van der Waals surface area contributed by atoms with Crippen LogP contribution in [-0.4, -0.2) is 73.6 Å². The molecule has 2 aliphatic heterocycles. The Morgan fingerprint density at radius 1 is 0.581 bits per heavy atom. The minimum Gasteiger partial charge on any atom is -0.304 e. The van der Waals surface area contributed by atoms with Gasteiger partial charge in [0.05, 0.1) is 0 Å². The molecule has 0 spiro atoms. The minimum absolute atomic E-state index is 0.902. The Bertz CT molecular complexity index is 466. The van der Waals surface area contributed by atoms with Crippen molar-refractivity contribution in [2.45, 2.75) is 128 Å². The minimum atomic E-state index is 0.902. The zero-order valence-corrected chi connectivity index (χ0v) is 21.7. The van der Waals surface area contributed by atoms with Crippen molar-refractivity contribution in [3.05, 3.63) is 0 Å². The van der Waals surface area contributed by atoms with Crippen LogP contribution in [0.3, 0.4) is 0 Å². The van der Waals surface area contributed by atoms with Gasteiger partial charge in [0.15, 0.2) is 0 Å². The molecule has 5 rings (SSSR count). The Kier molecular flexibility index (Phi) is 11.2. The van der Waals surface area contributed by atoms with Gasteiger partial charge in [-0.05, 0) is 110 Å². The Hall–Kier alpha value is -0.120. The van der Waals surface area contributed by atoms with E-state index in [1.165, 1.54) is 122 Å². The molecule has 0 amide bonds. The SMILES string of the molecule is CCN(C)C1CCCCC1.CN1CCC2CCCCC21.CN1CCCC2CCCCC21. The lowest BCUT2D eigenvalue weighted by Gasteiger charge is -2.42. The maximum atomic E-state index is 2.59. The molecule has 3 saturated carbocycles. The topological polar surface area (TPSA) is 9.72 Å².